The molecule has 1 atom stereocenters. The van der Waals surface area contributed by atoms with Gasteiger partial charge in [0.1, 0.15) is 0 Å². The molecule has 0 aromatic rings. The summed E-state index contributed by atoms with van der Waals surface area (Å²) in [5.41, 5.74) is 0. The van der Waals surface area contributed by atoms with Crippen molar-refractivity contribution in [3.05, 3.63) is 0 Å². The summed E-state index contributed by atoms with van der Waals surface area (Å²) >= 11 is 0. The highest BCUT2D eigenvalue weighted by Crippen LogP contribution is 1.92. The summed E-state index contributed by atoms with van der Waals surface area (Å²) in [6.45, 7) is 17.2. The molecule has 1 unspecified atom stereocenters. The van der Waals surface area contributed by atoms with Gasteiger partial charge < -0.3 is 31.5 Å². The van der Waals surface area contributed by atoms with Gasteiger partial charge in [0, 0.05) is 71.5 Å². The van der Waals surface area contributed by atoms with Gasteiger partial charge in [-0.3, -0.25) is 0 Å². The van der Waals surface area contributed by atoms with Crippen LogP contribution in [0.3, 0.4) is 0 Å². The molecule has 1 fully saturated rings. The van der Waals surface area contributed by atoms with E-state index in [0.717, 1.165) is 78.5 Å². The van der Waals surface area contributed by atoms with Crippen LogP contribution < -0.4 is 26.6 Å². The van der Waals surface area contributed by atoms with E-state index in [1.54, 1.807) is 0 Å². The highest BCUT2D eigenvalue weighted by molar-refractivity contribution is 4.75. The van der Waals surface area contributed by atoms with E-state index >= 15 is 0 Å². The van der Waals surface area contributed by atoms with E-state index in [2.05, 4.69) is 45.3 Å². The molecule has 1 saturated heterocycles. The van der Waals surface area contributed by atoms with Crippen molar-refractivity contribution in [1.29, 1.82) is 0 Å². The van der Waals surface area contributed by atoms with Crippen LogP contribution >= 0.6 is 0 Å². The first-order chi connectivity index (χ1) is 10.4. The smallest absolute Gasteiger partial charge is 0.0320 e. The third-order valence-corrected chi connectivity index (χ3v) is 3.93. The fraction of sp³-hybridized carbons (Fsp3) is 1.00. The fourth-order valence-electron chi connectivity index (χ4n) is 2.54. The van der Waals surface area contributed by atoms with Crippen molar-refractivity contribution >= 4 is 0 Å². The molecule has 21 heavy (non-hydrogen) atoms. The summed E-state index contributed by atoms with van der Waals surface area (Å²) in [4.78, 5) is 2.49. The Labute approximate surface area is 130 Å². The van der Waals surface area contributed by atoms with Gasteiger partial charge in [0.05, 0.1) is 0 Å². The molecule has 1 rings (SSSR count). The zero-order valence-electron chi connectivity index (χ0n) is 14.0. The van der Waals surface area contributed by atoms with Crippen molar-refractivity contribution in [2.24, 2.45) is 0 Å². The third kappa shape index (κ3) is 10.2. The maximum atomic E-state index is 3.68. The second kappa shape index (κ2) is 13.4. The first kappa shape index (κ1) is 18.8. The summed E-state index contributed by atoms with van der Waals surface area (Å²) < 4.78 is 0. The molecule has 1 heterocycles. The molecule has 1 aliphatic rings. The Hall–Kier alpha value is -0.240. The summed E-state index contributed by atoms with van der Waals surface area (Å²) in [6.07, 6.45) is 0. The van der Waals surface area contributed by atoms with E-state index in [1.807, 2.05) is 0 Å². The first-order valence-corrected chi connectivity index (χ1v) is 8.65. The minimum absolute atomic E-state index is 0.523. The predicted octanol–water partition coefficient (Wildman–Crippen LogP) is -1.34. The van der Waals surface area contributed by atoms with E-state index in [1.165, 1.54) is 0 Å². The zero-order valence-corrected chi connectivity index (χ0v) is 14.0. The molecule has 0 bridgehead atoms. The molecule has 1 aliphatic heterocycles. The number of rotatable bonds is 4. The Morgan fingerprint density at radius 3 is 1.71 bits per heavy atom. The Bertz CT molecular complexity index is 206. The molecule has 5 N–H and O–H groups in total. The molecular weight excluding hydrogens is 264 g/mol. The normalized spacial score (nSPS) is 24.4. The van der Waals surface area contributed by atoms with Crippen LogP contribution in [0.4, 0.5) is 0 Å². The predicted molar refractivity (Wildman–Crippen MR) is 91.1 cm³/mol. The molecule has 0 saturated carbocycles. The quantitative estimate of drug-likeness (QED) is 0.443. The monoisotopic (exact) mass is 300 g/mol. The molecule has 0 aromatic carbocycles. The summed E-state index contributed by atoms with van der Waals surface area (Å²) in [5, 5.41) is 17.6. The fourth-order valence-corrected chi connectivity index (χ4v) is 2.54. The van der Waals surface area contributed by atoms with Crippen molar-refractivity contribution in [3.63, 3.8) is 0 Å². The van der Waals surface area contributed by atoms with Crippen molar-refractivity contribution in [3.8, 4) is 0 Å². The van der Waals surface area contributed by atoms with Crippen LogP contribution in [0.5, 0.6) is 0 Å². The highest BCUT2D eigenvalue weighted by atomic mass is 15.2. The molecule has 0 aliphatic carbocycles. The molecule has 126 valence electrons. The molecule has 6 nitrogen and oxygen atoms in total. The maximum absolute atomic E-state index is 3.68. The average molecular weight is 300 g/mol. The lowest BCUT2D eigenvalue weighted by molar-refractivity contribution is 0.260. The minimum Gasteiger partial charge on any atom is -0.314 e. The van der Waals surface area contributed by atoms with Crippen LogP contribution in [0.2, 0.25) is 0 Å². The van der Waals surface area contributed by atoms with E-state index in [4.69, 9.17) is 0 Å². The average Bonchev–Trinajstić information content (AvgIpc) is 2.52. The first-order valence-electron chi connectivity index (χ1n) is 8.65. The maximum Gasteiger partial charge on any atom is 0.0320 e. The molecule has 0 amide bonds. The van der Waals surface area contributed by atoms with Gasteiger partial charge in [0.2, 0.25) is 0 Å². The Morgan fingerprint density at radius 2 is 1.19 bits per heavy atom. The summed E-state index contributed by atoms with van der Waals surface area (Å²) in [5.74, 6) is 0. The van der Waals surface area contributed by atoms with Crippen LogP contribution in [-0.4, -0.2) is 89.5 Å². The van der Waals surface area contributed by atoms with Crippen LogP contribution in [0.1, 0.15) is 13.8 Å². The van der Waals surface area contributed by atoms with Gasteiger partial charge in [-0.25, -0.2) is 0 Å². The Balaban J connectivity index is 2.32. The van der Waals surface area contributed by atoms with Crippen LogP contribution in [0.25, 0.3) is 0 Å². The number of nitrogens with one attached hydrogen (secondary N) is 5. The molecule has 0 spiro atoms. The molecule has 6 heteroatoms. The number of hydrogen-bond acceptors (Lipinski definition) is 6. The number of nitrogens with zero attached hydrogens (tertiary/aromatic N) is 1. The van der Waals surface area contributed by atoms with Crippen LogP contribution in [0.15, 0.2) is 0 Å². The Morgan fingerprint density at radius 1 is 0.714 bits per heavy atom. The molecule has 0 radical (unpaired) electrons. The van der Waals surface area contributed by atoms with E-state index in [0.29, 0.717) is 6.04 Å². The Kier molecular flexibility index (Phi) is 12.0. The highest BCUT2D eigenvalue weighted by Gasteiger charge is 2.11. The summed E-state index contributed by atoms with van der Waals surface area (Å²) in [6, 6.07) is 0.523. The SMILES string of the molecule is CCN(CC)CC1CNCCNCCNCCNCCN1. The van der Waals surface area contributed by atoms with Gasteiger partial charge in [0.25, 0.3) is 0 Å². The van der Waals surface area contributed by atoms with Crippen molar-refractivity contribution in [2.45, 2.75) is 19.9 Å². The van der Waals surface area contributed by atoms with Gasteiger partial charge in [-0.05, 0) is 13.1 Å². The van der Waals surface area contributed by atoms with Gasteiger partial charge in [-0.1, -0.05) is 13.8 Å². The van der Waals surface area contributed by atoms with Gasteiger partial charge in [-0.2, -0.15) is 0 Å². The van der Waals surface area contributed by atoms with Crippen molar-refractivity contribution < 1.29 is 0 Å². The summed E-state index contributed by atoms with van der Waals surface area (Å²) in [7, 11) is 0. The van der Waals surface area contributed by atoms with Crippen LogP contribution in [-0.2, 0) is 0 Å². The minimum atomic E-state index is 0.523. The molecular formula is C15H36N6. The van der Waals surface area contributed by atoms with Gasteiger partial charge in [-0.15, -0.1) is 0 Å². The number of hydrogen-bond donors (Lipinski definition) is 5. The van der Waals surface area contributed by atoms with Gasteiger partial charge >= 0.3 is 0 Å². The van der Waals surface area contributed by atoms with Crippen molar-refractivity contribution in [1.82, 2.24) is 31.5 Å². The lowest BCUT2D eigenvalue weighted by Gasteiger charge is -2.26. The van der Waals surface area contributed by atoms with E-state index in [-0.39, 0.29) is 0 Å². The topological polar surface area (TPSA) is 63.4 Å². The third-order valence-electron chi connectivity index (χ3n) is 3.93. The number of likely N-dealkylation sites (N-methyl/N-ethyl adjacent to an activating group) is 1. The van der Waals surface area contributed by atoms with Crippen LogP contribution in [0, 0.1) is 0 Å². The second-order valence-electron chi connectivity index (χ2n) is 5.59. The lowest BCUT2D eigenvalue weighted by atomic mass is 10.2. The zero-order chi connectivity index (χ0) is 15.2. The largest absolute Gasteiger partial charge is 0.314 e. The standard InChI is InChI=1S/C15H36N6/c1-3-21(4-2)14-15-13-19-10-9-17-6-5-16-7-8-18-11-12-20-15/h15-20H,3-14H2,1-2H3. The van der Waals surface area contributed by atoms with Crippen molar-refractivity contribution in [2.75, 3.05) is 78.5 Å². The molecule has 0 aromatic heterocycles. The lowest BCUT2D eigenvalue weighted by Crippen LogP contribution is -2.49. The van der Waals surface area contributed by atoms with E-state index in [9.17, 15) is 0 Å². The van der Waals surface area contributed by atoms with E-state index < -0.39 is 0 Å². The second-order valence-corrected chi connectivity index (χ2v) is 5.59. The van der Waals surface area contributed by atoms with Gasteiger partial charge in [0.15, 0.2) is 0 Å².